The molecule has 0 radical (unpaired) electrons. The third kappa shape index (κ3) is 3.56. The second-order valence-corrected chi connectivity index (χ2v) is 8.18. The summed E-state index contributed by atoms with van der Waals surface area (Å²) >= 11 is 0. The van der Waals surface area contributed by atoms with Crippen LogP contribution in [0.15, 0.2) is 18.2 Å². The lowest BCUT2D eigenvalue weighted by molar-refractivity contribution is -0.0585. The van der Waals surface area contributed by atoms with Gasteiger partial charge in [-0.15, -0.1) is 0 Å². The van der Waals surface area contributed by atoms with Crippen LogP contribution in [0.3, 0.4) is 0 Å². The number of hydrogen-bond donors (Lipinski definition) is 0. The van der Waals surface area contributed by atoms with Crippen molar-refractivity contribution in [3.05, 3.63) is 35.4 Å². The predicted molar refractivity (Wildman–Crippen MR) is 82.6 cm³/mol. The van der Waals surface area contributed by atoms with Gasteiger partial charge in [-0.25, -0.2) is 17.2 Å². The highest BCUT2D eigenvalue weighted by Crippen LogP contribution is 2.30. The number of halogens is 2. The molecule has 0 amide bonds. The summed E-state index contributed by atoms with van der Waals surface area (Å²) in [6.45, 7) is 0.706. The van der Waals surface area contributed by atoms with Gasteiger partial charge in [-0.1, -0.05) is 18.9 Å². The fraction of sp³-hybridized carbons (Fsp3) is 0.625. The van der Waals surface area contributed by atoms with Gasteiger partial charge in [0.05, 0.1) is 24.5 Å². The van der Waals surface area contributed by atoms with Crippen LogP contribution in [-0.4, -0.2) is 43.8 Å². The molecule has 128 valence electrons. The highest BCUT2D eigenvalue weighted by Gasteiger charge is 2.40. The quantitative estimate of drug-likeness (QED) is 0.842. The fourth-order valence-corrected chi connectivity index (χ4v) is 5.23. The molecule has 2 atom stereocenters. The van der Waals surface area contributed by atoms with E-state index in [4.69, 9.17) is 4.74 Å². The summed E-state index contributed by atoms with van der Waals surface area (Å²) in [4.78, 5) is 0. The Labute approximate surface area is 135 Å². The predicted octanol–water partition coefficient (Wildman–Crippen LogP) is 2.48. The molecule has 2 aliphatic rings. The molecule has 0 aromatic heterocycles. The molecule has 3 rings (SSSR count). The lowest BCUT2D eigenvalue weighted by Gasteiger charge is -2.42. The van der Waals surface area contributed by atoms with Crippen molar-refractivity contribution in [2.45, 2.75) is 44.2 Å². The summed E-state index contributed by atoms with van der Waals surface area (Å²) in [6, 6.07) is 3.44. The van der Waals surface area contributed by atoms with E-state index in [0.29, 0.717) is 13.2 Å². The molecule has 1 saturated heterocycles. The molecule has 2 fully saturated rings. The fourth-order valence-electron chi connectivity index (χ4n) is 3.53. The normalized spacial score (nSPS) is 26.0. The van der Waals surface area contributed by atoms with Gasteiger partial charge in [0.25, 0.3) is 0 Å². The second-order valence-electron chi connectivity index (χ2n) is 6.14. The number of rotatable bonds is 4. The molecule has 1 saturated carbocycles. The first-order valence-corrected chi connectivity index (χ1v) is 9.64. The van der Waals surface area contributed by atoms with Gasteiger partial charge in [0.1, 0.15) is 11.6 Å². The molecule has 1 aliphatic heterocycles. The first-order chi connectivity index (χ1) is 11.0. The van der Waals surface area contributed by atoms with Crippen molar-refractivity contribution in [3.8, 4) is 0 Å². The summed E-state index contributed by atoms with van der Waals surface area (Å²) < 4.78 is 59.8. The SMILES string of the molecule is O=S(=O)(CCc1c(F)cccc1F)N1CCOC2CCCCC21. The summed E-state index contributed by atoms with van der Waals surface area (Å²) in [5.74, 6) is -1.68. The monoisotopic (exact) mass is 345 g/mol. The molecule has 0 N–H and O–H groups in total. The van der Waals surface area contributed by atoms with Crippen molar-refractivity contribution in [2.75, 3.05) is 18.9 Å². The minimum Gasteiger partial charge on any atom is -0.375 e. The van der Waals surface area contributed by atoms with E-state index in [-0.39, 0.29) is 29.9 Å². The molecule has 23 heavy (non-hydrogen) atoms. The van der Waals surface area contributed by atoms with E-state index < -0.39 is 21.7 Å². The minimum absolute atomic E-state index is 0.0440. The molecule has 1 aromatic rings. The molecule has 1 aromatic carbocycles. The number of sulfonamides is 1. The average Bonchev–Trinajstić information content (AvgIpc) is 2.54. The zero-order valence-corrected chi connectivity index (χ0v) is 13.7. The molecule has 1 heterocycles. The van der Waals surface area contributed by atoms with E-state index in [1.807, 2.05) is 0 Å². The molecule has 4 nitrogen and oxygen atoms in total. The van der Waals surface area contributed by atoms with Gasteiger partial charge in [0.2, 0.25) is 10.0 Å². The van der Waals surface area contributed by atoms with Crippen molar-refractivity contribution >= 4 is 10.0 Å². The third-order valence-electron chi connectivity index (χ3n) is 4.71. The largest absolute Gasteiger partial charge is 0.375 e. The average molecular weight is 345 g/mol. The van der Waals surface area contributed by atoms with Crippen molar-refractivity contribution in [3.63, 3.8) is 0 Å². The lowest BCUT2D eigenvalue weighted by Crippen LogP contribution is -2.55. The van der Waals surface area contributed by atoms with Gasteiger partial charge < -0.3 is 4.74 Å². The van der Waals surface area contributed by atoms with Gasteiger partial charge in [0, 0.05) is 12.1 Å². The number of hydrogen-bond acceptors (Lipinski definition) is 3. The summed E-state index contributed by atoms with van der Waals surface area (Å²) in [5.41, 5.74) is -0.162. The zero-order chi connectivity index (χ0) is 16.4. The second kappa shape index (κ2) is 6.83. The van der Waals surface area contributed by atoms with Crippen molar-refractivity contribution in [1.82, 2.24) is 4.31 Å². The Morgan fingerprint density at radius 1 is 1.17 bits per heavy atom. The van der Waals surface area contributed by atoms with Crippen LogP contribution in [0, 0.1) is 11.6 Å². The van der Waals surface area contributed by atoms with Crippen LogP contribution < -0.4 is 0 Å². The Morgan fingerprint density at radius 3 is 2.61 bits per heavy atom. The zero-order valence-electron chi connectivity index (χ0n) is 12.9. The molecular weight excluding hydrogens is 324 g/mol. The van der Waals surface area contributed by atoms with Crippen molar-refractivity contribution in [1.29, 1.82) is 0 Å². The molecule has 7 heteroatoms. The number of morpholine rings is 1. The van der Waals surface area contributed by atoms with Crippen LogP contribution in [0.2, 0.25) is 0 Å². The van der Waals surface area contributed by atoms with E-state index >= 15 is 0 Å². The Morgan fingerprint density at radius 2 is 1.87 bits per heavy atom. The third-order valence-corrected chi connectivity index (χ3v) is 6.60. The molecule has 0 spiro atoms. The molecule has 1 aliphatic carbocycles. The maximum absolute atomic E-state index is 13.7. The molecule has 2 unspecified atom stereocenters. The van der Waals surface area contributed by atoms with Gasteiger partial charge in [0.15, 0.2) is 0 Å². The van der Waals surface area contributed by atoms with E-state index in [1.54, 1.807) is 0 Å². The van der Waals surface area contributed by atoms with Crippen molar-refractivity contribution in [2.24, 2.45) is 0 Å². The maximum Gasteiger partial charge on any atom is 0.214 e. The highest BCUT2D eigenvalue weighted by atomic mass is 32.2. The van der Waals surface area contributed by atoms with E-state index in [2.05, 4.69) is 0 Å². The van der Waals surface area contributed by atoms with Gasteiger partial charge in [-0.05, 0) is 31.4 Å². The topological polar surface area (TPSA) is 46.6 Å². The van der Waals surface area contributed by atoms with E-state index in [0.717, 1.165) is 37.8 Å². The van der Waals surface area contributed by atoms with E-state index in [1.165, 1.54) is 10.4 Å². The van der Waals surface area contributed by atoms with Crippen molar-refractivity contribution < 1.29 is 21.9 Å². The van der Waals surface area contributed by atoms with Crippen LogP contribution in [-0.2, 0) is 21.2 Å². The maximum atomic E-state index is 13.7. The summed E-state index contributed by atoms with van der Waals surface area (Å²) in [6.07, 6.45) is 3.50. The summed E-state index contributed by atoms with van der Waals surface area (Å²) in [5, 5.41) is 0. The Bertz CT molecular complexity index is 643. The lowest BCUT2D eigenvalue weighted by atomic mass is 9.91. The van der Waals surface area contributed by atoms with Gasteiger partial charge >= 0.3 is 0 Å². The molecular formula is C16H21F2NO3S. The van der Waals surface area contributed by atoms with Gasteiger partial charge in [-0.3, -0.25) is 0 Å². The minimum atomic E-state index is -3.57. The van der Waals surface area contributed by atoms with E-state index in [9.17, 15) is 17.2 Å². The standard InChI is InChI=1S/C16H21F2NO3S/c17-13-4-3-5-14(18)12(13)8-11-23(20,21)19-9-10-22-16-7-2-1-6-15(16)19/h3-5,15-16H,1-2,6-11H2. The number of nitrogens with zero attached hydrogens (tertiary/aromatic N) is 1. The smallest absolute Gasteiger partial charge is 0.214 e. The van der Waals surface area contributed by atoms with Crippen LogP contribution in [0.4, 0.5) is 8.78 Å². The van der Waals surface area contributed by atoms with Crippen LogP contribution >= 0.6 is 0 Å². The first kappa shape index (κ1) is 16.8. The van der Waals surface area contributed by atoms with Crippen LogP contribution in [0.25, 0.3) is 0 Å². The number of ether oxygens (including phenoxy) is 1. The summed E-state index contributed by atoms with van der Waals surface area (Å²) in [7, 11) is -3.57. The Hall–Kier alpha value is -1.05. The van der Waals surface area contributed by atoms with Crippen LogP contribution in [0.5, 0.6) is 0 Å². The number of benzene rings is 1. The van der Waals surface area contributed by atoms with Gasteiger partial charge in [-0.2, -0.15) is 4.31 Å². The Balaban J connectivity index is 1.73. The molecule has 0 bridgehead atoms. The highest BCUT2D eigenvalue weighted by molar-refractivity contribution is 7.89. The van der Waals surface area contributed by atoms with Crippen LogP contribution in [0.1, 0.15) is 31.2 Å². The number of fused-ring (bicyclic) bond motifs is 1. The first-order valence-electron chi connectivity index (χ1n) is 8.03. The Kier molecular flexibility index (Phi) is 4.98.